The van der Waals surface area contributed by atoms with E-state index in [4.69, 9.17) is 0 Å². The van der Waals surface area contributed by atoms with Crippen molar-refractivity contribution in [2.24, 2.45) is 0 Å². The molecule has 0 unspecified atom stereocenters. The van der Waals surface area contributed by atoms with Crippen LogP contribution in [0.1, 0.15) is 6.92 Å². The van der Waals surface area contributed by atoms with E-state index in [9.17, 15) is 18.0 Å². The third-order valence-electron chi connectivity index (χ3n) is 2.47. The standard InChI is InChI=1S/C10H11N3O4S/c1-2-18(16,17)13-7-5-3-4-6-8(7)10(15)12-11-9(6)14/h3-5,13H,2H2,1H3,(H,11,14)(H,12,15). The number of H-pyrrole nitrogens is 2. The Morgan fingerprint density at radius 3 is 2.50 bits per heavy atom. The minimum atomic E-state index is -3.51. The molecular weight excluding hydrogens is 258 g/mol. The Morgan fingerprint density at radius 1 is 1.17 bits per heavy atom. The summed E-state index contributed by atoms with van der Waals surface area (Å²) in [5.74, 6) is -0.121. The maximum atomic E-state index is 11.7. The zero-order chi connectivity index (χ0) is 13.3. The number of benzene rings is 1. The van der Waals surface area contributed by atoms with Gasteiger partial charge in [0.05, 0.1) is 22.2 Å². The van der Waals surface area contributed by atoms with E-state index >= 15 is 0 Å². The number of aromatic nitrogens is 2. The van der Waals surface area contributed by atoms with E-state index in [0.717, 1.165) is 0 Å². The van der Waals surface area contributed by atoms with Gasteiger partial charge in [0.25, 0.3) is 11.1 Å². The van der Waals surface area contributed by atoms with Crippen molar-refractivity contribution in [3.05, 3.63) is 38.9 Å². The molecule has 0 fully saturated rings. The number of hydrogen-bond donors (Lipinski definition) is 3. The van der Waals surface area contributed by atoms with Gasteiger partial charge in [-0.3, -0.25) is 24.5 Å². The molecule has 0 saturated heterocycles. The van der Waals surface area contributed by atoms with Gasteiger partial charge in [0, 0.05) is 0 Å². The first-order valence-corrected chi connectivity index (χ1v) is 6.84. The van der Waals surface area contributed by atoms with Crippen molar-refractivity contribution in [2.45, 2.75) is 6.92 Å². The van der Waals surface area contributed by atoms with E-state index in [-0.39, 0.29) is 22.2 Å². The molecule has 3 N–H and O–H groups in total. The van der Waals surface area contributed by atoms with E-state index in [2.05, 4.69) is 14.9 Å². The van der Waals surface area contributed by atoms with Gasteiger partial charge >= 0.3 is 0 Å². The highest BCUT2D eigenvalue weighted by Crippen LogP contribution is 2.17. The summed E-state index contributed by atoms with van der Waals surface area (Å²) in [4.78, 5) is 23.2. The Kier molecular flexibility index (Phi) is 2.95. The summed E-state index contributed by atoms with van der Waals surface area (Å²) in [5.41, 5.74) is -0.942. The second-order valence-electron chi connectivity index (χ2n) is 3.64. The molecule has 7 nitrogen and oxygen atoms in total. The molecule has 1 aromatic heterocycles. The summed E-state index contributed by atoms with van der Waals surface area (Å²) in [6.45, 7) is 1.48. The largest absolute Gasteiger partial charge is 0.283 e. The highest BCUT2D eigenvalue weighted by atomic mass is 32.2. The minimum absolute atomic E-state index is 0.0262. The molecule has 0 radical (unpaired) electrons. The molecule has 1 aromatic carbocycles. The maximum absolute atomic E-state index is 11.7. The summed E-state index contributed by atoms with van der Waals surface area (Å²) in [6, 6.07) is 4.39. The fourth-order valence-electron chi connectivity index (χ4n) is 1.55. The summed E-state index contributed by atoms with van der Waals surface area (Å²) >= 11 is 0. The number of sulfonamides is 1. The third kappa shape index (κ3) is 2.14. The van der Waals surface area contributed by atoms with E-state index in [0.29, 0.717) is 0 Å². The lowest BCUT2D eigenvalue weighted by Gasteiger charge is -2.07. The maximum Gasteiger partial charge on any atom is 0.272 e. The molecule has 18 heavy (non-hydrogen) atoms. The monoisotopic (exact) mass is 269 g/mol. The van der Waals surface area contributed by atoms with E-state index in [1.807, 2.05) is 0 Å². The smallest absolute Gasteiger partial charge is 0.272 e. The van der Waals surface area contributed by atoms with Crippen molar-refractivity contribution in [3.8, 4) is 0 Å². The van der Waals surface area contributed by atoms with Gasteiger partial charge in [-0.15, -0.1) is 0 Å². The SMILES string of the molecule is CCS(=O)(=O)Nc1cccc2c(=O)[nH][nH]c(=O)c12. The number of aromatic amines is 2. The van der Waals surface area contributed by atoms with Gasteiger partial charge in [-0.1, -0.05) is 6.07 Å². The molecule has 0 spiro atoms. The zero-order valence-corrected chi connectivity index (χ0v) is 10.3. The Morgan fingerprint density at radius 2 is 1.83 bits per heavy atom. The summed E-state index contributed by atoms with van der Waals surface area (Å²) in [6.07, 6.45) is 0. The normalized spacial score (nSPS) is 11.6. The number of hydrogen-bond acceptors (Lipinski definition) is 4. The highest BCUT2D eigenvalue weighted by molar-refractivity contribution is 7.92. The molecule has 0 atom stereocenters. The number of nitrogens with one attached hydrogen (secondary N) is 3. The lowest BCUT2D eigenvalue weighted by Crippen LogP contribution is -2.22. The highest BCUT2D eigenvalue weighted by Gasteiger charge is 2.12. The van der Waals surface area contributed by atoms with Crippen molar-refractivity contribution in [2.75, 3.05) is 10.5 Å². The quantitative estimate of drug-likeness (QED) is 0.726. The zero-order valence-electron chi connectivity index (χ0n) is 9.48. The second-order valence-corrected chi connectivity index (χ2v) is 5.65. The molecule has 1 heterocycles. The van der Waals surface area contributed by atoms with E-state index in [1.54, 1.807) is 0 Å². The first kappa shape index (κ1) is 12.4. The fourth-order valence-corrected chi connectivity index (χ4v) is 2.20. The molecule has 96 valence electrons. The second kappa shape index (κ2) is 4.30. The van der Waals surface area contributed by atoms with Gasteiger partial charge in [0.1, 0.15) is 0 Å². The van der Waals surface area contributed by atoms with Crippen LogP contribution in [0.3, 0.4) is 0 Å². The number of fused-ring (bicyclic) bond motifs is 1. The van der Waals surface area contributed by atoms with Crippen LogP contribution in [0.4, 0.5) is 5.69 Å². The van der Waals surface area contributed by atoms with Crippen LogP contribution in [0.15, 0.2) is 27.8 Å². The average molecular weight is 269 g/mol. The van der Waals surface area contributed by atoms with Crippen LogP contribution in [-0.4, -0.2) is 24.4 Å². The van der Waals surface area contributed by atoms with Crippen LogP contribution < -0.4 is 15.8 Å². The van der Waals surface area contributed by atoms with Crippen molar-refractivity contribution >= 4 is 26.5 Å². The molecule has 0 bridgehead atoms. The van der Waals surface area contributed by atoms with Crippen molar-refractivity contribution in [3.63, 3.8) is 0 Å². The van der Waals surface area contributed by atoms with Crippen molar-refractivity contribution in [1.29, 1.82) is 0 Å². The van der Waals surface area contributed by atoms with Gasteiger partial charge in [-0.2, -0.15) is 0 Å². The van der Waals surface area contributed by atoms with E-state index < -0.39 is 21.1 Å². The van der Waals surface area contributed by atoms with Crippen LogP contribution in [-0.2, 0) is 10.0 Å². The molecule has 0 amide bonds. The van der Waals surface area contributed by atoms with Gasteiger partial charge in [0.2, 0.25) is 10.0 Å². The lowest BCUT2D eigenvalue weighted by molar-refractivity contribution is 0.602. The summed E-state index contributed by atoms with van der Waals surface area (Å²) in [7, 11) is -3.51. The summed E-state index contributed by atoms with van der Waals surface area (Å²) in [5, 5.41) is 4.50. The minimum Gasteiger partial charge on any atom is -0.283 e. The van der Waals surface area contributed by atoms with Crippen molar-refractivity contribution in [1.82, 2.24) is 10.2 Å². The molecule has 2 rings (SSSR count). The predicted molar refractivity (Wildman–Crippen MR) is 68.3 cm³/mol. The number of rotatable bonds is 3. The average Bonchev–Trinajstić information content (AvgIpc) is 2.34. The van der Waals surface area contributed by atoms with Gasteiger partial charge < -0.3 is 0 Å². The Bertz CT molecular complexity index is 804. The van der Waals surface area contributed by atoms with Gasteiger partial charge in [-0.25, -0.2) is 8.42 Å². The molecule has 0 saturated carbocycles. The molecule has 8 heteroatoms. The van der Waals surface area contributed by atoms with E-state index in [1.165, 1.54) is 25.1 Å². The van der Waals surface area contributed by atoms with Crippen molar-refractivity contribution < 1.29 is 8.42 Å². The molecule has 0 aliphatic heterocycles. The molecule has 0 aliphatic carbocycles. The summed E-state index contributed by atoms with van der Waals surface area (Å²) < 4.78 is 25.3. The Balaban J connectivity index is 2.78. The third-order valence-corrected chi connectivity index (χ3v) is 3.76. The first-order chi connectivity index (χ1) is 8.44. The predicted octanol–water partition coefficient (Wildman–Crippen LogP) is -0.0220. The molecule has 2 aromatic rings. The van der Waals surface area contributed by atoms with Crippen LogP contribution in [0.2, 0.25) is 0 Å². The van der Waals surface area contributed by atoms with Crippen LogP contribution in [0.5, 0.6) is 0 Å². The fraction of sp³-hybridized carbons (Fsp3) is 0.200. The first-order valence-electron chi connectivity index (χ1n) is 5.19. The Hall–Kier alpha value is -2.09. The Labute approximate surface area is 102 Å². The van der Waals surface area contributed by atoms with Gasteiger partial charge in [-0.05, 0) is 19.1 Å². The topological polar surface area (TPSA) is 112 Å². The lowest BCUT2D eigenvalue weighted by atomic mass is 10.2. The van der Waals surface area contributed by atoms with Crippen LogP contribution in [0.25, 0.3) is 10.8 Å². The molecular formula is C10H11N3O4S. The number of anilines is 1. The van der Waals surface area contributed by atoms with Crippen LogP contribution in [0, 0.1) is 0 Å². The van der Waals surface area contributed by atoms with Gasteiger partial charge in [0.15, 0.2) is 0 Å². The molecule has 0 aliphatic rings. The van der Waals surface area contributed by atoms with Crippen LogP contribution >= 0.6 is 0 Å².